The molecule has 0 aliphatic heterocycles. The molecule has 4 rings (SSSR count). The van der Waals surface area contributed by atoms with Crippen molar-refractivity contribution in [1.29, 1.82) is 0 Å². The molecular formula is C26H25N3O3. The molecule has 0 bridgehead atoms. The Kier molecular flexibility index (Phi) is 6.60. The molecule has 1 aromatic heterocycles. The Balaban J connectivity index is 1.47. The Bertz CT molecular complexity index is 1120. The lowest BCUT2D eigenvalue weighted by atomic mass is 9.88. The highest BCUT2D eigenvalue weighted by Gasteiger charge is 2.22. The van der Waals surface area contributed by atoms with E-state index in [-0.39, 0.29) is 18.4 Å². The third-order valence-electron chi connectivity index (χ3n) is 5.38. The molecule has 162 valence electrons. The maximum atomic E-state index is 13.1. The summed E-state index contributed by atoms with van der Waals surface area (Å²) < 4.78 is 10.6. The van der Waals surface area contributed by atoms with Crippen LogP contribution in [0.1, 0.15) is 29.4 Å². The lowest BCUT2D eigenvalue weighted by Gasteiger charge is -2.21. The third kappa shape index (κ3) is 5.03. The molecule has 0 radical (unpaired) electrons. The van der Waals surface area contributed by atoms with Gasteiger partial charge in [-0.15, -0.1) is 0 Å². The van der Waals surface area contributed by atoms with Crippen molar-refractivity contribution in [2.75, 3.05) is 14.2 Å². The minimum absolute atomic E-state index is 0.00355. The van der Waals surface area contributed by atoms with Gasteiger partial charge in [0.25, 0.3) is 0 Å². The number of rotatable bonds is 8. The molecule has 4 aromatic rings. The Hall–Kier alpha value is -3.93. The van der Waals surface area contributed by atoms with Crippen LogP contribution in [0.15, 0.2) is 89.5 Å². The normalized spacial score (nSPS) is 10.8. The maximum Gasteiger partial charge on any atom is 0.246 e. The van der Waals surface area contributed by atoms with Crippen LogP contribution in [0.3, 0.4) is 0 Å². The van der Waals surface area contributed by atoms with Crippen molar-refractivity contribution in [3.63, 3.8) is 0 Å². The number of amides is 1. The lowest BCUT2D eigenvalue weighted by molar-refractivity contribution is -0.131. The van der Waals surface area contributed by atoms with Gasteiger partial charge in [0.2, 0.25) is 17.6 Å². The highest BCUT2D eigenvalue weighted by molar-refractivity contribution is 5.77. The third-order valence-corrected chi connectivity index (χ3v) is 5.38. The zero-order valence-corrected chi connectivity index (χ0v) is 18.1. The van der Waals surface area contributed by atoms with E-state index in [1.807, 2.05) is 60.7 Å². The van der Waals surface area contributed by atoms with Crippen molar-refractivity contribution in [3.05, 3.63) is 102 Å². The largest absolute Gasteiger partial charge is 0.497 e. The first-order valence-electron chi connectivity index (χ1n) is 10.4. The van der Waals surface area contributed by atoms with Gasteiger partial charge >= 0.3 is 0 Å². The SMILES string of the molecule is COc1cccc(-c2noc(CN(C)C(=O)CC(c3ccccc3)c3ccccc3)n2)c1. The van der Waals surface area contributed by atoms with Gasteiger partial charge in [0, 0.05) is 24.9 Å². The van der Waals surface area contributed by atoms with E-state index < -0.39 is 0 Å². The fourth-order valence-corrected chi connectivity index (χ4v) is 3.62. The molecule has 0 saturated heterocycles. The Morgan fingerprint density at radius 2 is 1.62 bits per heavy atom. The molecule has 1 heterocycles. The number of benzene rings is 3. The fraction of sp³-hybridized carbons (Fsp3) is 0.192. The number of hydrogen-bond donors (Lipinski definition) is 0. The molecular weight excluding hydrogens is 402 g/mol. The van der Waals surface area contributed by atoms with Gasteiger partial charge in [0.15, 0.2) is 0 Å². The van der Waals surface area contributed by atoms with E-state index in [2.05, 4.69) is 34.4 Å². The van der Waals surface area contributed by atoms with E-state index in [0.29, 0.717) is 23.9 Å². The zero-order valence-electron chi connectivity index (χ0n) is 18.1. The zero-order chi connectivity index (χ0) is 22.3. The van der Waals surface area contributed by atoms with Crippen LogP contribution in [-0.2, 0) is 11.3 Å². The number of hydrogen-bond acceptors (Lipinski definition) is 5. The lowest BCUT2D eigenvalue weighted by Crippen LogP contribution is -2.28. The van der Waals surface area contributed by atoms with E-state index in [1.54, 1.807) is 19.1 Å². The first-order chi connectivity index (χ1) is 15.6. The van der Waals surface area contributed by atoms with Gasteiger partial charge < -0.3 is 14.2 Å². The molecule has 0 saturated carbocycles. The van der Waals surface area contributed by atoms with Crippen molar-refractivity contribution in [3.8, 4) is 17.1 Å². The summed E-state index contributed by atoms with van der Waals surface area (Å²) in [4.78, 5) is 19.2. The molecule has 0 N–H and O–H groups in total. The van der Waals surface area contributed by atoms with Gasteiger partial charge in [0.1, 0.15) is 5.75 Å². The molecule has 0 aliphatic carbocycles. The summed E-state index contributed by atoms with van der Waals surface area (Å²) in [5.41, 5.74) is 3.01. The van der Waals surface area contributed by atoms with Gasteiger partial charge in [-0.3, -0.25) is 4.79 Å². The molecule has 6 heteroatoms. The monoisotopic (exact) mass is 427 g/mol. The first-order valence-corrected chi connectivity index (χ1v) is 10.4. The van der Waals surface area contributed by atoms with Crippen LogP contribution >= 0.6 is 0 Å². The first kappa shape index (κ1) is 21.3. The van der Waals surface area contributed by atoms with Crippen LogP contribution in [-0.4, -0.2) is 35.1 Å². The summed E-state index contributed by atoms with van der Waals surface area (Å²) in [6, 6.07) is 27.6. The second-order valence-electron chi connectivity index (χ2n) is 7.57. The predicted molar refractivity (Wildman–Crippen MR) is 122 cm³/mol. The quantitative estimate of drug-likeness (QED) is 0.399. The second-order valence-corrected chi connectivity index (χ2v) is 7.57. The standard InChI is InChI=1S/C26H25N3O3/c1-29(18-24-27-26(28-32-24)21-14-9-15-22(16-21)31-2)25(30)17-23(19-10-5-3-6-11-19)20-12-7-4-8-13-20/h3-16,23H,17-18H2,1-2H3. The van der Waals surface area contributed by atoms with Crippen molar-refractivity contribution >= 4 is 5.91 Å². The van der Waals surface area contributed by atoms with Crippen molar-refractivity contribution in [1.82, 2.24) is 15.0 Å². The van der Waals surface area contributed by atoms with E-state index in [9.17, 15) is 4.79 Å². The average molecular weight is 428 g/mol. The number of carbonyl (C=O) groups excluding carboxylic acids is 1. The Morgan fingerprint density at radius 3 is 2.25 bits per heavy atom. The smallest absolute Gasteiger partial charge is 0.246 e. The molecule has 3 aromatic carbocycles. The molecule has 0 atom stereocenters. The van der Waals surface area contributed by atoms with E-state index in [1.165, 1.54) is 0 Å². The number of nitrogens with zero attached hydrogens (tertiary/aromatic N) is 3. The summed E-state index contributed by atoms with van der Waals surface area (Å²) in [6.45, 7) is 0.242. The van der Waals surface area contributed by atoms with Crippen LogP contribution in [0.25, 0.3) is 11.4 Å². The summed E-state index contributed by atoms with van der Waals surface area (Å²) in [5, 5.41) is 4.05. The molecule has 0 fully saturated rings. The van der Waals surface area contributed by atoms with Crippen LogP contribution in [0.2, 0.25) is 0 Å². The van der Waals surface area contributed by atoms with Crippen molar-refractivity contribution in [2.45, 2.75) is 18.9 Å². The maximum absolute atomic E-state index is 13.1. The molecule has 0 unspecified atom stereocenters. The molecule has 32 heavy (non-hydrogen) atoms. The van der Waals surface area contributed by atoms with Gasteiger partial charge in [0.05, 0.1) is 13.7 Å². The number of carbonyl (C=O) groups is 1. The van der Waals surface area contributed by atoms with Crippen molar-refractivity contribution in [2.24, 2.45) is 0 Å². The Morgan fingerprint density at radius 1 is 0.969 bits per heavy atom. The highest BCUT2D eigenvalue weighted by Crippen LogP contribution is 2.29. The molecule has 6 nitrogen and oxygen atoms in total. The van der Waals surface area contributed by atoms with Crippen LogP contribution in [0, 0.1) is 0 Å². The number of aromatic nitrogens is 2. The van der Waals surface area contributed by atoms with E-state index in [4.69, 9.17) is 9.26 Å². The topological polar surface area (TPSA) is 68.5 Å². The van der Waals surface area contributed by atoms with Gasteiger partial charge in [-0.05, 0) is 23.3 Å². The van der Waals surface area contributed by atoms with E-state index in [0.717, 1.165) is 16.7 Å². The van der Waals surface area contributed by atoms with Gasteiger partial charge in [-0.1, -0.05) is 78.0 Å². The number of methoxy groups -OCH3 is 1. The molecule has 0 aliphatic rings. The summed E-state index contributed by atoms with van der Waals surface area (Å²) in [7, 11) is 3.37. The van der Waals surface area contributed by atoms with Crippen LogP contribution in [0.4, 0.5) is 0 Å². The fourth-order valence-electron chi connectivity index (χ4n) is 3.62. The van der Waals surface area contributed by atoms with Crippen molar-refractivity contribution < 1.29 is 14.1 Å². The number of ether oxygens (including phenoxy) is 1. The minimum Gasteiger partial charge on any atom is -0.497 e. The van der Waals surface area contributed by atoms with Crippen LogP contribution < -0.4 is 4.74 Å². The minimum atomic E-state index is -0.0256. The summed E-state index contributed by atoms with van der Waals surface area (Å²) in [6.07, 6.45) is 0.349. The van der Waals surface area contributed by atoms with Crippen LogP contribution in [0.5, 0.6) is 5.75 Å². The van der Waals surface area contributed by atoms with Gasteiger partial charge in [-0.25, -0.2) is 0 Å². The predicted octanol–water partition coefficient (Wildman–Crippen LogP) is 4.93. The van der Waals surface area contributed by atoms with E-state index >= 15 is 0 Å². The highest BCUT2D eigenvalue weighted by atomic mass is 16.5. The van der Waals surface area contributed by atoms with Gasteiger partial charge in [-0.2, -0.15) is 4.98 Å². The summed E-state index contributed by atoms with van der Waals surface area (Å²) >= 11 is 0. The molecule has 0 spiro atoms. The average Bonchev–Trinajstić information content (AvgIpc) is 3.32. The Labute approximate surface area is 187 Å². The summed E-state index contributed by atoms with van der Waals surface area (Å²) in [5.74, 6) is 1.54. The molecule has 1 amide bonds. The second kappa shape index (κ2) is 9.92.